The molecule has 0 bridgehead atoms. The zero-order chi connectivity index (χ0) is 12.5. The fourth-order valence-electron chi connectivity index (χ4n) is 2.80. The van der Waals surface area contributed by atoms with Crippen LogP contribution in [-0.4, -0.2) is 25.2 Å². The van der Waals surface area contributed by atoms with E-state index < -0.39 is 0 Å². The number of carbonyl (C=O) groups is 1. The van der Waals surface area contributed by atoms with E-state index in [1.807, 2.05) is 12.1 Å². The molecule has 2 aliphatic rings. The molecule has 4 heteroatoms. The molecule has 0 amide bonds. The van der Waals surface area contributed by atoms with Crippen molar-refractivity contribution in [3.63, 3.8) is 0 Å². The van der Waals surface area contributed by atoms with Crippen molar-refractivity contribution >= 4 is 11.7 Å². The first-order valence-electron chi connectivity index (χ1n) is 6.44. The average Bonchev–Trinajstić information content (AvgIpc) is 2.43. The van der Waals surface area contributed by atoms with Crippen LogP contribution in [0, 0.1) is 0 Å². The Labute approximate surface area is 106 Å². The Hall–Kier alpha value is -1.71. The number of hydrogen-bond donors (Lipinski definition) is 1. The topological polar surface area (TPSA) is 47.6 Å². The lowest BCUT2D eigenvalue weighted by Gasteiger charge is -2.38. The van der Waals surface area contributed by atoms with Gasteiger partial charge in [-0.3, -0.25) is 0 Å². The molecule has 1 aromatic carbocycles. The van der Waals surface area contributed by atoms with Crippen molar-refractivity contribution in [1.29, 1.82) is 0 Å². The molecule has 1 saturated carbocycles. The molecule has 1 heterocycles. The number of ether oxygens (including phenoxy) is 2. The lowest BCUT2D eigenvalue weighted by Crippen LogP contribution is -2.43. The molecule has 2 atom stereocenters. The van der Waals surface area contributed by atoms with E-state index >= 15 is 0 Å². The second-order valence-corrected chi connectivity index (χ2v) is 4.87. The number of rotatable bonds is 1. The van der Waals surface area contributed by atoms with E-state index in [1.54, 1.807) is 6.07 Å². The third-order valence-corrected chi connectivity index (χ3v) is 3.73. The zero-order valence-corrected chi connectivity index (χ0v) is 10.4. The smallest absolute Gasteiger partial charge is 0.341 e. The summed E-state index contributed by atoms with van der Waals surface area (Å²) in [6.45, 7) is 0. The zero-order valence-electron chi connectivity index (χ0n) is 10.4. The molecule has 1 aromatic rings. The molecular weight excluding hydrogens is 230 g/mol. The molecule has 2 unspecified atom stereocenters. The molecule has 0 radical (unpaired) electrons. The number of fused-ring (bicyclic) bond motifs is 2. The number of benzene rings is 1. The highest BCUT2D eigenvalue weighted by atomic mass is 16.5. The molecule has 1 N–H and O–H groups in total. The lowest BCUT2D eigenvalue weighted by molar-refractivity contribution is 0.0586. The second-order valence-electron chi connectivity index (χ2n) is 4.87. The molecule has 0 aromatic heterocycles. The molecule has 96 valence electrons. The van der Waals surface area contributed by atoms with Crippen molar-refractivity contribution in [2.75, 3.05) is 12.4 Å². The van der Waals surface area contributed by atoms with Crippen LogP contribution in [0.4, 0.5) is 5.69 Å². The van der Waals surface area contributed by atoms with Gasteiger partial charge in [-0.2, -0.15) is 0 Å². The fourth-order valence-corrected chi connectivity index (χ4v) is 2.80. The summed E-state index contributed by atoms with van der Waals surface area (Å²) in [7, 11) is 1.39. The summed E-state index contributed by atoms with van der Waals surface area (Å²) in [5.74, 6) is 0.301. The monoisotopic (exact) mass is 247 g/mol. The summed E-state index contributed by atoms with van der Waals surface area (Å²) in [4.78, 5) is 11.7. The van der Waals surface area contributed by atoms with Gasteiger partial charge in [0.1, 0.15) is 11.7 Å². The van der Waals surface area contributed by atoms with Crippen molar-refractivity contribution in [3.05, 3.63) is 23.8 Å². The number of nitrogens with one attached hydrogen (secondary N) is 1. The Kier molecular flexibility index (Phi) is 2.86. The number of methoxy groups -OCH3 is 1. The number of carbonyl (C=O) groups excluding carboxylic acids is 1. The van der Waals surface area contributed by atoms with Crippen LogP contribution in [0.25, 0.3) is 0 Å². The van der Waals surface area contributed by atoms with Gasteiger partial charge in [-0.05, 0) is 31.4 Å². The van der Waals surface area contributed by atoms with Gasteiger partial charge in [-0.15, -0.1) is 0 Å². The van der Waals surface area contributed by atoms with Gasteiger partial charge in [0.05, 0.1) is 18.8 Å². The molecule has 3 rings (SSSR count). The summed E-state index contributed by atoms with van der Waals surface area (Å²) >= 11 is 0. The van der Waals surface area contributed by atoms with E-state index in [2.05, 4.69) is 5.32 Å². The van der Waals surface area contributed by atoms with Crippen LogP contribution in [0.2, 0.25) is 0 Å². The first-order chi connectivity index (χ1) is 8.79. The summed E-state index contributed by atoms with van der Waals surface area (Å²) in [5.41, 5.74) is 1.41. The van der Waals surface area contributed by atoms with Crippen LogP contribution in [-0.2, 0) is 4.74 Å². The first-order valence-corrected chi connectivity index (χ1v) is 6.44. The van der Waals surface area contributed by atoms with Crippen molar-refractivity contribution in [3.8, 4) is 5.75 Å². The molecule has 1 fully saturated rings. The van der Waals surface area contributed by atoms with E-state index in [1.165, 1.54) is 20.0 Å². The average molecular weight is 247 g/mol. The first kappa shape index (κ1) is 11.4. The third-order valence-electron chi connectivity index (χ3n) is 3.73. The second kappa shape index (κ2) is 4.52. The molecule has 0 spiro atoms. The van der Waals surface area contributed by atoms with Crippen LogP contribution in [0.3, 0.4) is 0 Å². The normalized spacial score (nSPS) is 25.2. The van der Waals surface area contributed by atoms with Crippen LogP contribution in [0.1, 0.15) is 36.0 Å². The molecule has 1 aliphatic heterocycles. The van der Waals surface area contributed by atoms with Gasteiger partial charge in [0.15, 0.2) is 5.75 Å². The van der Waals surface area contributed by atoms with Crippen LogP contribution in [0.15, 0.2) is 18.2 Å². The van der Waals surface area contributed by atoms with Gasteiger partial charge in [-0.1, -0.05) is 12.5 Å². The van der Waals surface area contributed by atoms with Crippen molar-refractivity contribution < 1.29 is 14.3 Å². The van der Waals surface area contributed by atoms with Crippen molar-refractivity contribution in [2.24, 2.45) is 0 Å². The number of para-hydroxylation sites is 1. The van der Waals surface area contributed by atoms with Crippen LogP contribution >= 0.6 is 0 Å². The maximum atomic E-state index is 11.7. The van der Waals surface area contributed by atoms with Gasteiger partial charge < -0.3 is 14.8 Å². The van der Waals surface area contributed by atoms with Gasteiger partial charge in [0, 0.05) is 0 Å². The van der Waals surface area contributed by atoms with E-state index in [4.69, 9.17) is 9.47 Å². The predicted octanol–water partition coefficient (Wildman–Crippen LogP) is 2.59. The van der Waals surface area contributed by atoms with Crippen LogP contribution in [0.5, 0.6) is 5.75 Å². The standard InChI is InChI=1S/C14H17NO3/c1-17-14(16)9-5-4-7-11-13(9)18-12-8-3-2-6-10(12)15-11/h4-5,7,10,12,15H,2-3,6,8H2,1H3. The molecule has 1 aliphatic carbocycles. The Morgan fingerprint density at radius 2 is 2.22 bits per heavy atom. The number of esters is 1. The van der Waals surface area contributed by atoms with Crippen molar-refractivity contribution in [1.82, 2.24) is 0 Å². The summed E-state index contributed by atoms with van der Waals surface area (Å²) < 4.78 is 10.8. The molecule has 18 heavy (non-hydrogen) atoms. The summed E-state index contributed by atoms with van der Waals surface area (Å²) in [6.07, 6.45) is 4.79. The van der Waals surface area contributed by atoms with Gasteiger partial charge in [0.25, 0.3) is 0 Å². The van der Waals surface area contributed by atoms with Crippen molar-refractivity contribution in [2.45, 2.75) is 37.8 Å². The van der Waals surface area contributed by atoms with E-state index in [-0.39, 0.29) is 12.1 Å². The Morgan fingerprint density at radius 3 is 3.06 bits per heavy atom. The van der Waals surface area contributed by atoms with Crippen LogP contribution < -0.4 is 10.1 Å². The summed E-state index contributed by atoms with van der Waals surface area (Å²) in [5, 5.41) is 3.49. The predicted molar refractivity (Wildman–Crippen MR) is 68.1 cm³/mol. The largest absolute Gasteiger partial charge is 0.485 e. The minimum absolute atomic E-state index is 0.178. The highest BCUT2D eigenvalue weighted by Gasteiger charge is 2.33. The molecular formula is C14H17NO3. The minimum Gasteiger partial charge on any atom is -0.485 e. The quantitative estimate of drug-likeness (QED) is 0.775. The molecule has 4 nitrogen and oxygen atoms in total. The van der Waals surface area contributed by atoms with E-state index in [0.29, 0.717) is 17.4 Å². The summed E-state index contributed by atoms with van der Waals surface area (Å²) in [6, 6.07) is 5.92. The van der Waals surface area contributed by atoms with Gasteiger partial charge >= 0.3 is 5.97 Å². The third kappa shape index (κ3) is 1.82. The highest BCUT2D eigenvalue weighted by Crippen LogP contribution is 2.38. The maximum absolute atomic E-state index is 11.7. The van der Waals surface area contributed by atoms with E-state index in [0.717, 1.165) is 18.5 Å². The Morgan fingerprint density at radius 1 is 1.39 bits per heavy atom. The van der Waals surface area contributed by atoms with Gasteiger partial charge in [-0.25, -0.2) is 4.79 Å². The lowest BCUT2D eigenvalue weighted by atomic mass is 9.90. The molecule has 0 saturated heterocycles. The maximum Gasteiger partial charge on any atom is 0.341 e. The fraction of sp³-hybridized carbons (Fsp3) is 0.500. The number of hydrogen-bond acceptors (Lipinski definition) is 4. The van der Waals surface area contributed by atoms with E-state index in [9.17, 15) is 4.79 Å². The van der Waals surface area contributed by atoms with Gasteiger partial charge in [0.2, 0.25) is 0 Å². The SMILES string of the molecule is COC(=O)c1cccc2c1OC1CCCCC1N2. The highest BCUT2D eigenvalue weighted by molar-refractivity contribution is 5.95. The number of anilines is 1. The minimum atomic E-state index is -0.345. The Bertz CT molecular complexity index is 472. The Balaban J connectivity index is 1.97.